The Balaban J connectivity index is 3.38. The van der Waals surface area contributed by atoms with Crippen molar-refractivity contribution in [2.24, 2.45) is 11.8 Å². The van der Waals surface area contributed by atoms with Crippen molar-refractivity contribution in [3.05, 3.63) is 0 Å². The van der Waals surface area contributed by atoms with Gasteiger partial charge >= 0.3 is 0 Å². The monoisotopic (exact) mass is 148 g/mol. The molecule has 0 spiro atoms. The molecule has 0 aromatic heterocycles. The Morgan fingerprint density at radius 3 is 1.67 bits per heavy atom. The first kappa shape index (κ1) is 9.29. The van der Waals surface area contributed by atoms with E-state index in [1.807, 2.05) is 0 Å². The van der Waals surface area contributed by atoms with Crippen LogP contribution in [0.15, 0.2) is 0 Å². The zero-order valence-electron chi connectivity index (χ0n) is 6.82. The van der Waals surface area contributed by atoms with Crippen LogP contribution < -0.4 is 0 Å². The smallest absolute Gasteiger partial charge is 0.0361 e. The van der Waals surface area contributed by atoms with Crippen molar-refractivity contribution in [1.82, 2.24) is 0 Å². The minimum atomic E-state index is 0.366. The van der Waals surface area contributed by atoms with Crippen molar-refractivity contribution in [1.29, 1.82) is 0 Å². The minimum absolute atomic E-state index is 0.366. The second-order valence-electron chi connectivity index (χ2n) is 3.39. The van der Waals surface area contributed by atoms with Gasteiger partial charge in [0, 0.05) is 5.38 Å². The van der Waals surface area contributed by atoms with Gasteiger partial charge in [-0.25, -0.2) is 0 Å². The Labute approximate surface area is 63.6 Å². The van der Waals surface area contributed by atoms with Gasteiger partial charge in [0.25, 0.3) is 0 Å². The molecule has 0 radical (unpaired) electrons. The topological polar surface area (TPSA) is 0 Å². The highest BCUT2D eigenvalue weighted by Crippen LogP contribution is 2.17. The number of rotatable bonds is 3. The van der Waals surface area contributed by atoms with Gasteiger partial charge in [-0.1, -0.05) is 27.7 Å². The number of hydrogen-bond donors (Lipinski definition) is 0. The van der Waals surface area contributed by atoms with E-state index >= 15 is 0 Å². The van der Waals surface area contributed by atoms with Gasteiger partial charge in [0.1, 0.15) is 0 Å². The van der Waals surface area contributed by atoms with Crippen LogP contribution in [-0.4, -0.2) is 5.38 Å². The van der Waals surface area contributed by atoms with Crippen molar-refractivity contribution < 1.29 is 0 Å². The standard InChI is InChI=1S/C8H17Cl/c1-6(2)5-8(9)7(3)4/h6-8H,5H2,1-4H3. The Kier molecular flexibility index (Phi) is 4.29. The van der Waals surface area contributed by atoms with E-state index in [0.29, 0.717) is 11.3 Å². The van der Waals surface area contributed by atoms with Gasteiger partial charge in [-0.15, -0.1) is 11.6 Å². The molecule has 0 saturated carbocycles. The zero-order valence-corrected chi connectivity index (χ0v) is 7.57. The molecule has 0 rings (SSSR count). The van der Waals surface area contributed by atoms with Gasteiger partial charge in [-0.05, 0) is 18.3 Å². The fourth-order valence-corrected chi connectivity index (χ4v) is 1.08. The summed E-state index contributed by atoms with van der Waals surface area (Å²) in [6.07, 6.45) is 1.14. The Bertz CT molecular complexity index is 67.0. The first-order valence-corrected chi connectivity index (χ1v) is 4.11. The molecular weight excluding hydrogens is 132 g/mol. The van der Waals surface area contributed by atoms with Crippen molar-refractivity contribution >= 4 is 11.6 Å². The van der Waals surface area contributed by atoms with Crippen molar-refractivity contribution in [2.45, 2.75) is 39.5 Å². The highest BCUT2D eigenvalue weighted by molar-refractivity contribution is 6.20. The van der Waals surface area contributed by atoms with E-state index in [9.17, 15) is 0 Å². The van der Waals surface area contributed by atoms with Crippen LogP contribution in [-0.2, 0) is 0 Å². The van der Waals surface area contributed by atoms with Crippen LogP contribution >= 0.6 is 11.6 Å². The number of alkyl halides is 1. The largest absolute Gasteiger partial charge is 0.123 e. The lowest BCUT2D eigenvalue weighted by Crippen LogP contribution is -2.10. The Hall–Kier alpha value is 0.290. The molecule has 0 bridgehead atoms. The van der Waals surface area contributed by atoms with E-state index in [0.717, 1.165) is 12.3 Å². The van der Waals surface area contributed by atoms with Crippen molar-refractivity contribution in [3.63, 3.8) is 0 Å². The molecule has 9 heavy (non-hydrogen) atoms. The SMILES string of the molecule is CC(C)CC(Cl)C(C)C. The highest BCUT2D eigenvalue weighted by Gasteiger charge is 2.10. The van der Waals surface area contributed by atoms with Gasteiger partial charge < -0.3 is 0 Å². The van der Waals surface area contributed by atoms with Crippen LogP contribution in [0.4, 0.5) is 0 Å². The van der Waals surface area contributed by atoms with Crippen LogP contribution in [0.3, 0.4) is 0 Å². The molecule has 1 heteroatoms. The van der Waals surface area contributed by atoms with Crippen LogP contribution in [0, 0.1) is 11.8 Å². The predicted octanol–water partition coefficient (Wildman–Crippen LogP) is 3.30. The third-order valence-corrected chi connectivity index (χ3v) is 2.10. The molecule has 1 unspecified atom stereocenters. The summed E-state index contributed by atoms with van der Waals surface area (Å²) in [5.41, 5.74) is 0. The summed E-state index contributed by atoms with van der Waals surface area (Å²) >= 11 is 6.01. The van der Waals surface area contributed by atoms with Crippen LogP contribution in [0.1, 0.15) is 34.1 Å². The van der Waals surface area contributed by atoms with E-state index in [2.05, 4.69) is 27.7 Å². The van der Waals surface area contributed by atoms with Gasteiger partial charge in [-0.2, -0.15) is 0 Å². The maximum absolute atomic E-state index is 6.01. The second kappa shape index (κ2) is 4.16. The molecule has 0 nitrogen and oxygen atoms in total. The fourth-order valence-electron chi connectivity index (χ4n) is 0.723. The summed E-state index contributed by atoms with van der Waals surface area (Å²) < 4.78 is 0. The van der Waals surface area contributed by atoms with E-state index in [4.69, 9.17) is 11.6 Å². The first-order valence-electron chi connectivity index (χ1n) is 3.68. The summed E-state index contributed by atoms with van der Waals surface area (Å²) in [5.74, 6) is 1.35. The predicted molar refractivity (Wildman–Crippen MR) is 43.9 cm³/mol. The summed E-state index contributed by atoms with van der Waals surface area (Å²) in [4.78, 5) is 0. The zero-order chi connectivity index (χ0) is 7.44. The van der Waals surface area contributed by atoms with E-state index in [1.54, 1.807) is 0 Å². The molecule has 0 aliphatic carbocycles. The lowest BCUT2D eigenvalue weighted by molar-refractivity contribution is 0.484. The molecule has 1 atom stereocenters. The maximum atomic E-state index is 6.01. The third-order valence-electron chi connectivity index (χ3n) is 1.42. The molecule has 0 N–H and O–H groups in total. The van der Waals surface area contributed by atoms with E-state index in [1.165, 1.54) is 0 Å². The summed E-state index contributed by atoms with van der Waals surface area (Å²) in [7, 11) is 0. The average molecular weight is 149 g/mol. The summed E-state index contributed by atoms with van der Waals surface area (Å²) in [6, 6.07) is 0. The van der Waals surface area contributed by atoms with E-state index in [-0.39, 0.29) is 0 Å². The van der Waals surface area contributed by atoms with Gasteiger partial charge in [-0.3, -0.25) is 0 Å². The van der Waals surface area contributed by atoms with Gasteiger partial charge in [0.15, 0.2) is 0 Å². The minimum Gasteiger partial charge on any atom is -0.123 e. The normalized spacial score (nSPS) is 15.0. The molecule has 0 amide bonds. The average Bonchev–Trinajstić information content (AvgIpc) is 1.63. The molecule has 0 aromatic rings. The lowest BCUT2D eigenvalue weighted by Gasteiger charge is -2.14. The fraction of sp³-hybridized carbons (Fsp3) is 1.00. The van der Waals surface area contributed by atoms with Crippen molar-refractivity contribution in [2.75, 3.05) is 0 Å². The quantitative estimate of drug-likeness (QED) is 0.539. The Morgan fingerprint density at radius 2 is 1.56 bits per heavy atom. The molecule has 0 aromatic carbocycles. The molecular formula is C8H17Cl. The Morgan fingerprint density at radius 1 is 1.11 bits per heavy atom. The first-order chi connectivity index (χ1) is 4.04. The number of hydrogen-bond acceptors (Lipinski definition) is 0. The maximum Gasteiger partial charge on any atom is 0.0361 e. The molecule has 0 fully saturated rings. The highest BCUT2D eigenvalue weighted by atomic mass is 35.5. The second-order valence-corrected chi connectivity index (χ2v) is 3.95. The van der Waals surface area contributed by atoms with Crippen LogP contribution in [0.2, 0.25) is 0 Å². The molecule has 0 heterocycles. The van der Waals surface area contributed by atoms with Gasteiger partial charge in [0.05, 0.1) is 0 Å². The molecule has 0 aliphatic rings. The summed E-state index contributed by atoms with van der Waals surface area (Å²) in [6.45, 7) is 8.75. The van der Waals surface area contributed by atoms with Crippen molar-refractivity contribution in [3.8, 4) is 0 Å². The molecule has 0 aliphatic heterocycles. The number of halogens is 1. The third kappa shape index (κ3) is 4.77. The molecule has 56 valence electrons. The van der Waals surface area contributed by atoms with Gasteiger partial charge in [0.2, 0.25) is 0 Å². The lowest BCUT2D eigenvalue weighted by atomic mass is 10.0. The van der Waals surface area contributed by atoms with Crippen LogP contribution in [0.5, 0.6) is 0 Å². The molecule has 0 saturated heterocycles. The summed E-state index contributed by atoms with van der Waals surface area (Å²) in [5, 5.41) is 0.366. The van der Waals surface area contributed by atoms with E-state index < -0.39 is 0 Å². The van der Waals surface area contributed by atoms with Crippen LogP contribution in [0.25, 0.3) is 0 Å².